The van der Waals surface area contributed by atoms with E-state index in [2.05, 4.69) is 0 Å². The van der Waals surface area contributed by atoms with Crippen LogP contribution in [0.3, 0.4) is 0 Å². The maximum atomic E-state index is 12.0. The Kier molecular flexibility index (Phi) is 4.49. The molecule has 8 heteroatoms. The van der Waals surface area contributed by atoms with Crippen molar-refractivity contribution in [2.24, 2.45) is 0 Å². The molecule has 0 spiro atoms. The number of rotatable bonds is 3. The number of nitrogens with zero attached hydrogens (tertiary/aromatic N) is 2. The number of hydrogen-bond donors (Lipinski definition) is 0. The Morgan fingerprint density at radius 3 is 2.56 bits per heavy atom. The summed E-state index contributed by atoms with van der Waals surface area (Å²) in [6.07, 6.45) is 1.60. The second kappa shape index (κ2) is 6.45. The first kappa shape index (κ1) is 17.4. The number of carbonyl (C=O) groups excluding carboxylic acids is 1. The highest BCUT2D eigenvalue weighted by Gasteiger charge is 2.29. The Morgan fingerprint density at radius 1 is 1.28 bits per heavy atom. The van der Waals surface area contributed by atoms with Crippen LogP contribution in [-0.2, 0) is 4.79 Å². The largest absolute Gasteiger partial charge is 0.456 e. The van der Waals surface area contributed by atoms with Gasteiger partial charge in [0.05, 0.1) is 15.4 Å². The first-order valence-electron chi connectivity index (χ1n) is 7.35. The Bertz CT molecular complexity index is 946. The number of carbonyl (C=O) groups is 1. The molecule has 0 N–H and O–H groups in total. The standard InChI is InChI=1S/C17H14N2O4S2/c1-9-6-12(13(19(21)22)7-10(9)2)14-5-4-11(23-14)8-15-16(20)18(3)17(24)25-15/h4-8H,1-3H3/b15-8+. The van der Waals surface area contributed by atoms with Crippen LogP contribution in [0.15, 0.2) is 33.6 Å². The molecule has 0 saturated carbocycles. The van der Waals surface area contributed by atoms with Gasteiger partial charge in [-0.05, 0) is 43.2 Å². The van der Waals surface area contributed by atoms with Gasteiger partial charge in [0.1, 0.15) is 15.8 Å². The molecule has 1 aromatic carbocycles. The number of benzene rings is 1. The van der Waals surface area contributed by atoms with E-state index >= 15 is 0 Å². The monoisotopic (exact) mass is 374 g/mol. The van der Waals surface area contributed by atoms with Crippen molar-refractivity contribution < 1.29 is 14.1 Å². The summed E-state index contributed by atoms with van der Waals surface area (Å²) in [7, 11) is 1.62. The molecule has 25 heavy (non-hydrogen) atoms. The number of furan rings is 1. The van der Waals surface area contributed by atoms with Gasteiger partial charge in [-0.1, -0.05) is 24.0 Å². The molecule has 1 saturated heterocycles. The van der Waals surface area contributed by atoms with Crippen LogP contribution in [0.25, 0.3) is 17.4 Å². The van der Waals surface area contributed by atoms with Crippen molar-refractivity contribution in [3.8, 4) is 11.3 Å². The van der Waals surface area contributed by atoms with E-state index < -0.39 is 4.92 Å². The number of aryl methyl sites for hydroxylation is 2. The van der Waals surface area contributed by atoms with E-state index in [4.69, 9.17) is 16.6 Å². The number of amides is 1. The summed E-state index contributed by atoms with van der Waals surface area (Å²) in [5.74, 6) is 0.634. The minimum absolute atomic E-state index is 0.0103. The Balaban J connectivity index is 2.01. The zero-order valence-corrected chi connectivity index (χ0v) is 15.4. The molecule has 6 nitrogen and oxygen atoms in total. The van der Waals surface area contributed by atoms with Gasteiger partial charge in [0, 0.05) is 19.2 Å². The van der Waals surface area contributed by atoms with Gasteiger partial charge in [-0.15, -0.1) is 0 Å². The van der Waals surface area contributed by atoms with Crippen molar-refractivity contribution in [2.45, 2.75) is 13.8 Å². The van der Waals surface area contributed by atoms with Crippen LogP contribution < -0.4 is 0 Å². The van der Waals surface area contributed by atoms with Crippen molar-refractivity contribution in [2.75, 3.05) is 7.05 Å². The number of nitro benzene ring substituents is 1. The fourth-order valence-electron chi connectivity index (χ4n) is 2.40. The molecule has 1 aromatic heterocycles. The molecular weight excluding hydrogens is 360 g/mol. The summed E-state index contributed by atoms with van der Waals surface area (Å²) in [5, 5.41) is 11.3. The van der Waals surface area contributed by atoms with Gasteiger partial charge in [0.25, 0.3) is 11.6 Å². The Morgan fingerprint density at radius 2 is 1.96 bits per heavy atom. The van der Waals surface area contributed by atoms with E-state index in [1.165, 1.54) is 22.7 Å². The Hall–Kier alpha value is -2.45. The lowest BCUT2D eigenvalue weighted by Gasteiger charge is -2.05. The fraction of sp³-hybridized carbons (Fsp3) is 0.176. The van der Waals surface area contributed by atoms with Crippen LogP contribution in [0.2, 0.25) is 0 Å². The van der Waals surface area contributed by atoms with Gasteiger partial charge in [0.2, 0.25) is 0 Å². The lowest BCUT2D eigenvalue weighted by molar-refractivity contribution is -0.384. The molecule has 0 unspecified atom stereocenters. The SMILES string of the molecule is Cc1cc(-c2ccc(/C=C3/SC(=S)N(C)C3=O)o2)c([N+](=O)[O-])cc1C. The smallest absolute Gasteiger partial charge is 0.280 e. The van der Waals surface area contributed by atoms with Gasteiger partial charge in [-0.2, -0.15) is 0 Å². The van der Waals surface area contributed by atoms with Gasteiger partial charge >= 0.3 is 0 Å². The van der Waals surface area contributed by atoms with Crippen molar-refractivity contribution in [1.82, 2.24) is 4.90 Å². The predicted octanol–water partition coefficient (Wildman–Crippen LogP) is 4.30. The lowest BCUT2D eigenvalue weighted by atomic mass is 10.0. The summed E-state index contributed by atoms with van der Waals surface area (Å²) in [4.78, 5) is 24.8. The highest BCUT2D eigenvalue weighted by atomic mass is 32.2. The van der Waals surface area contributed by atoms with Crippen LogP contribution in [0.1, 0.15) is 16.9 Å². The molecule has 1 aliphatic rings. The van der Waals surface area contributed by atoms with E-state index in [1.54, 1.807) is 31.3 Å². The second-order valence-corrected chi connectivity index (χ2v) is 7.33. The summed E-state index contributed by atoms with van der Waals surface area (Å²) < 4.78 is 6.21. The molecule has 1 amide bonds. The lowest BCUT2D eigenvalue weighted by Crippen LogP contribution is -2.22. The highest BCUT2D eigenvalue weighted by molar-refractivity contribution is 8.26. The molecule has 0 atom stereocenters. The molecule has 0 radical (unpaired) electrons. The topological polar surface area (TPSA) is 76.6 Å². The molecule has 1 aliphatic heterocycles. The maximum Gasteiger partial charge on any atom is 0.280 e. The third-order valence-electron chi connectivity index (χ3n) is 3.96. The van der Waals surface area contributed by atoms with E-state index in [0.717, 1.165) is 11.1 Å². The van der Waals surface area contributed by atoms with Crippen LogP contribution in [0, 0.1) is 24.0 Å². The number of thiocarbonyl (C=S) groups is 1. The predicted molar refractivity (Wildman–Crippen MR) is 101 cm³/mol. The summed E-state index contributed by atoms with van der Waals surface area (Å²) >= 11 is 6.28. The van der Waals surface area contributed by atoms with Crippen LogP contribution >= 0.6 is 24.0 Å². The zero-order valence-electron chi connectivity index (χ0n) is 13.7. The highest BCUT2D eigenvalue weighted by Crippen LogP contribution is 2.36. The Labute approximate surface area is 153 Å². The van der Waals surface area contributed by atoms with E-state index in [1.807, 2.05) is 13.8 Å². The van der Waals surface area contributed by atoms with Gasteiger partial charge in [-0.25, -0.2) is 0 Å². The van der Waals surface area contributed by atoms with Crippen LogP contribution in [-0.4, -0.2) is 27.1 Å². The first-order chi connectivity index (χ1) is 11.8. The summed E-state index contributed by atoms with van der Waals surface area (Å²) in [6.45, 7) is 3.71. The number of likely N-dealkylation sites (N-methyl/N-ethyl adjacent to an activating group) is 1. The van der Waals surface area contributed by atoms with Crippen molar-refractivity contribution in [1.29, 1.82) is 0 Å². The molecule has 0 bridgehead atoms. The number of nitro groups is 1. The van der Waals surface area contributed by atoms with E-state index in [9.17, 15) is 14.9 Å². The van der Waals surface area contributed by atoms with Crippen molar-refractivity contribution >= 4 is 46.0 Å². The third kappa shape index (κ3) is 3.22. The molecule has 1 fully saturated rings. The number of hydrogen-bond acceptors (Lipinski definition) is 6. The minimum Gasteiger partial charge on any atom is -0.456 e. The normalized spacial score (nSPS) is 16.1. The van der Waals surface area contributed by atoms with Crippen molar-refractivity contribution in [3.05, 3.63) is 56.2 Å². The van der Waals surface area contributed by atoms with Gasteiger partial charge in [0.15, 0.2) is 0 Å². The van der Waals surface area contributed by atoms with E-state index in [0.29, 0.717) is 26.3 Å². The molecule has 3 rings (SSSR count). The molecule has 2 aromatic rings. The summed E-state index contributed by atoms with van der Waals surface area (Å²) in [5.41, 5.74) is 2.18. The molecule has 0 aliphatic carbocycles. The zero-order chi connectivity index (χ0) is 18.3. The minimum atomic E-state index is -0.424. The molecule has 128 valence electrons. The molecule has 2 heterocycles. The maximum absolute atomic E-state index is 12.0. The van der Waals surface area contributed by atoms with Crippen LogP contribution in [0.4, 0.5) is 5.69 Å². The van der Waals surface area contributed by atoms with Crippen LogP contribution in [0.5, 0.6) is 0 Å². The van der Waals surface area contributed by atoms with Crippen molar-refractivity contribution in [3.63, 3.8) is 0 Å². The average Bonchev–Trinajstić information content (AvgIpc) is 3.11. The quantitative estimate of drug-likeness (QED) is 0.345. The number of thioether (sulfide) groups is 1. The molecular formula is C17H14N2O4S2. The van der Waals surface area contributed by atoms with Gasteiger partial charge in [-0.3, -0.25) is 19.8 Å². The fourth-order valence-corrected chi connectivity index (χ4v) is 3.56. The third-order valence-corrected chi connectivity index (χ3v) is 5.45. The first-order valence-corrected chi connectivity index (χ1v) is 8.58. The van der Waals surface area contributed by atoms with E-state index in [-0.39, 0.29) is 11.6 Å². The average molecular weight is 374 g/mol. The second-order valence-electron chi connectivity index (χ2n) is 5.65. The summed E-state index contributed by atoms with van der Waals surface area (Å²) in [6, 6.07) is 6.61. The van der Waals surface area contributed by atoms with Gasteiger partial charge < -0.3 is 4.42 Å².